The highest BCUT2D eigenvalue weighted by Crippen LogP contribution is 2.32. The number of imidazole rings is 1. The molecule has 1 aromatic carbocycles. The summed E-state index contributed by atoms with van der Waals surface area (Å²) in [7, 11) is 1.50. The summed E-state index contributed by atoms with van der Waals surface area (Å²) < 4.78 is 3.77. The Balaban J connectivity index is 2.03. The second-order valence-electron chi connectivity index (χ2n) is 6.87. The molecular formula is C18H19N5O4. The van der Waals surface area contributed by atoms with Crippen LogP contribution < -0.4 is 16.1 Å². The molecule has 1 unspecified atom stereocenters. The Bertz CT molecular complexity index is 1160. The largest absolute Gasteiger partial charge is 0.480 e. The van der Waals surface area contributed by atoms with E-state index in [0.29, 0.717) is 12.5 Å². The first-order chi connectivity index (χ1) is 12.9. The maximum Gasteiger partial charge on any atom is 0.333 e. The van der Waals surface area contributed by atoms with E-state index in [1.54, 1.807) is 4.57 Å². The Morgan fingerprint density at radius 3 is 2.59 bits per heavy atom. The quantitative estimate of drug-likeness (QED) is 0.732. The van der Waals surface area contributed by atoms with E-state index < -0.39 is 23.8 Å². The van der Waals surface area contributed by atoms with Crippen molar-refractivity contribution in [2.75, 3.05) is 11.4 Å². The van der Waals surface area contributed by atoms with E-state index in [2.05, 4.69) is 11.9 Å². The van der Waals surface area contributed by atoms with Gasteiger partial charge >= 0.3 is 11.7 Å². The van der Waals surface area contributed by atoms with Crippen LogP contribution in [-0.2, 0) is 24.9 Å². The third kappa shape index (κ3) is 2.62. The molecule has 1 atom stereocenters. The average Bonchev–Trinajstić information content (AvgIpc) is 3.03. The second kappa shape index (κ2) is 6.11. The summed E-state index contributed by atoms with van der Waals surface area (Å²) in [5.41, 5.74) is 0.134. The molecule has 27 heavy (non-hydrogen) atoms. The molecule has 0 bridgehead atoms. The highest BCUT2D eigenvalue weighted by atomic mass is 16.4. The molecule has 0 radical (unpaired) electrons. The topological polar surface area (TPSA) is 102 Å². The number of anilines is 2. The fourth-order valence-electron chi connectivity index (χ4n) is 3.61. The van der Waals surface area contributed by atoms with Crippen LogP contribution in [0.5, 0.6) is 0 Å². The van der Waals surface area contributed by atoms with Gasteiger partial charge in [-0.3, -0.25) is 14.2 Å². The van der Waals surface area contributed by atoms with E-state index in [1.165, 1.54) is 11.6 Å². The van der Waals surface area contributed by atoms with Crippen LogP contribution in [0.3, 0.4) is 0 Å². The molecule has 4 rings (SSSR count). The van der Waals surface area contributed by atoms with Gasteiger partial charge in [0.2, 0.25) is 5.95 Å². The van der Waals surface area contributed by atoms with Crippen molar-refractivity contribution in [2.45, 2.75) is 20.0 Å². The fraction of sp³-hybridized carbons (Fsp3) is 0.333. The van der Waals surface area contributed by atoms with Crippen molar-refractivity contribution < 1.29 is 9.90 Å². The van der Waals surface area contributed by atoms with Crippen molar-refractivity contribution in [2.24, 2.45) is 13.0 Å². The van der Waals surface area contributed by atoms with Gasteiger partial charge in [-0.2, -0.15) is 4.98 Å². The lowest BCUT2D eigenvalue weighted by Crippen LogP contribution is -2.41. The standard InChI is InChI=1S/C18H19N5O4/c1-11-8-21(12-6-4-3-5-7-12)17-19-15-14(22(17)9-11)16(26)23(10-13(24)25)18(27)20(15)2/h3-7,11H,8-10H2,1-2H3,(H,24,25). The Morgan fingerprint density at radius 1 is 1.22 bits per heavy atom. The van der Waals surface area contributed by atoms with Gasteiger partial charge < -0.3 is 14.6 Å². The monoisotopic (exact) mass is 369 g/mol. The molecule has 3 aromatic rings. The predicted octanol–water partition coefficient (Wildman–Crippen LogP) is 0.769. The van der Waals surface area contributed by atoms with Crippen LogP contribution >= 0.6 is 0 Å². The van der Waals surface area contributed by atoms with Crippen LogP contribution in [0.1, 0.15) is 6.92 Å². The highest BCUT2D eigenvalue weighted by Gasteiger charge is 2.29. The van der Waals surface area contributed by atoms with E-state index >= 15 is 0 Å². The zero-order valence-electron chi connectivity index (χ0n) is 15.0. The van der Waals surface area contributed by atoms with Gasteiger partial charge in [0.1, 0.15) is 6.54 Å². The predicted molar refractivity (Wildman–Crippen MR) is 99.5 cm³/mol. The first-order valence-corrected chi connectivity index (χ1v) is 8.63. The van der Waals surface area contributed by atoms with Crippen LogP contribution in [-0.4, -0.2) is 36.3 Å². The van der Waals surface area contributed by atoms with Crippen LogP contribution in [0.2, 0.25) is 0 Å². The molecule has 3 heterocycles. The van der Waals surface area contributed by atoms with E-state index in [4.69, 9.17) is 5.11 Å². The number of aryl methyl sites for hydroxylation is 1. The van der Waals surface area contributed by atoms with Crippen LogP contribution in [0.15, 0.2) is 39.9 Å². The minimum Gasteiger partial charge on any atom is -0.480 e. The number of nitrogens with zero attached hydrogens (tertiary/aromatic N) is 5. The molecule has 1 aliphatic rings. The fourth-order valence-corrected chi connectivity index (χ4v) is 3.61. The molecule has 0 saturated carbocycles. The molecular weight excluding hydrogens is 350 g/mol. The third-order valence-electron chi connectivity index (χ3n) is 4.80. The zero-order chi connectivity index (χ0) is 19.3. The van der Waals surface area contributed by atoms with Crippen molar-refractivity contribution >= 4 is 28.8 Å². The Labute approximate surface area is 153 Å². The maximum atomic E-state index is 12.9. The number of benzene rings is 1. The van der Waals surface area contributed by atoms with Crippen LogP contribution in [0.4, 0.5) is 11.6 Å². The summed E-state index contributed by atoms with van der Waals surface area (Å²) in [5.74, 6) is -0.430. The van der Waals surface area contributed by atoms with Crippen molar-refractivity contribution in [3.05, 3.63) is 51.2 Å². The van der Waals surface area contributed by atoms with Gasteiger partial charge in [0, 0.05) is 25.8 Å². The van der Waals surface area contributed by atoms with E-state index in [1.807, 2.05) is 35.2 Å². The number of carboxylic acids is 1. The molecule has 0 amide bonds. The van der Waals surface area contributed by atoms with E-state index in [9.17, 15) is 14.4 Å². The van der Waals surface area contributed by atoms with Gasteiger partial charge in [-0.05, 0) is 18.1 Å². The molecule has 9 heteroatoms. The number of hydrogen-bond acceptors (Lipinski definition) is 5. The summed E-state index contributed by atoms with van der Waals surface area (Å²) in [6, 6.07) is 9.70. The molecule has 2 aromatic heterocycles. The molecule has 0 saturated heterocycles. The van der Waals surface area contributed by atoms with Gasteiger partial charge in [-0.15, -0.1) is 0 Å². The van der Waals surface area contributed by atoms with Gasteiger partial charge in [0.25, 0.3) is 5.56 Å². The minimum atomic E-state index is -1.24. The van der Waals surface area contributed by atoms with Crippen molar-refractivity contribution in [1.82, 2.24) is 18.7 Å². The number of fused-ring (bicyclic) bond motifs is 3. The molecule has 0 aliphatic carbocycles. The maximum absolute atomic E-state index is 12.9. The van der Waals surface area contributed by atoms with Gasteiger partial charge in [-0.25, -0.2) is 9.36 Å². The summed E-state index contributed by atoms with van der Waals surface area (Å²) in [6.45, 7) is 2.68. The number of para-hydroxylation sites is 1. The van der Waals surface area contributed by atoms with E-state index in [-0.39, 0.29) is 17.1 Å². The number of aliphatic carboxylic acids is 1. The van der Waals surface area contributed by atoms with Gasteiger partial charge in [-0.1, -0.05) is 25.1 Å². The first-order valence-electron chi connectivity index (χ1n) is 8.63. The molecule has 0 spiro atoms. The number of carboxylic acid groups (broad SMARTS) is 1. The summed E-state index contributed by atoms with van der Waals surface area (Å²) in [4.78, 5) is 43.1. The molecule has 0 fully saturated rings. The van der Waals surface area contributed by atoms with Crippen molar-refractivity contribution in [3.8, 4) is 0 Å². The molecule has 140 valence electrons. The van der Waals surface area contributed by atoms with Crippen molar-refractivity contribution in [3.63, 3.8) is 0 Å². The summed E-state index contributed by atoms with van der Waals surface area (Å²) >= 11 is 0. The number of hydrogen-bond donors (Lipinski definition) is 1. The number of aromatic nitrogens is 4. The minimum absolute atomic E-state index is 0.236. The Morgan fingerprint density at radius 2 is 1.93 bits per heavy atom. The Kier molecular flexibility index (Phi) is 3.87. The zero-order valence-corrected chi connectivity index (χ0v) is 15.0. The SMILES string of the molecule is CC1CN(c2ccccc2)c2nc3c(c(=O)n(CC(=O)O)c(=O)n3C)n2C1. The second-order valence-corrected chi connectivity index (χ2v) is 6.87. The third-order valence-corrected chi connectivity index (χ3v) is 4.80. The lowest BCUT2D eigenvalue weighted by Gasteiger charge is -2.32. The van der Waals surface area contributed by atoms with Gasteiger partial charge in [0.15, 0.2) is 11.2 Å². The summed E-state index contributed by atoms with van der Waals surface area (Å²) in [5, 5.41) is 9.06. The van der Waals surface area contributed by atoms with Gasteiger partial charge in [0.05, 0.1) is 0 Å². The van der Waals surface area contributed by atoms with Crippen molar-refractivity contribution in [1.29, 1.82) is 0 Å². The molecule has 1 N–H and O–H groups in total. The lowest BCUT2D eigenvalue weighted by atomic mass is 10.1. The lowest BCUT2D eigenvalue weighted by molar-refractivity contribution is -0.137. The normalized spacial score (nSPS) is 16.5. The highest BCUT2D eigenvalue weighted by molar-refractivity contribution is 5.77. The van der Waals surface area contributed by atoms with Crippen LogP contribution in [0, 0.1) is 5.92 Å². The molecule has 1 aliphatic heterocycles. The first kappa shape index (κ1) is 17.1. The smallest absolute Gasteiger partial charge is 0.333 e. The number of carbonyl (C=O) groups is 1. The average molecular weight is 369 g/mol. The van der Waals surface area contributed by atoms with E-state index in [0.717, 1.165) is 16.8 Å². The Hall–Kier alpha value is -3.36. The molecule has 9 nitrogen and oxygen atoms in total. The van der Waals surface area contributed by atoms with Crippen LogP contribution in [0.25, 0.3) is 11.2 Å². The summed E-state index contributed by atoms with van der Waals surface area (Å²) in [6.07, 6.45) is 0. The number of rotatable bonds is 3.